The van der Waals surface area contributed by atoms with E-state index in [1.807, 2.05) is 63.2 Å². The average molecular weight is 443 g/mol. The summed E-state index contributed by atoms with van der Waals surface area (Å²) in [5.74, 6) is 1.24. The Kier molecular flexibility index (Phi) is 5.84. The van der Waals surface area contributed by atoms with Crippen LogP contribution in [0.1, 0.15) is 25.2 Å². The van der Waals surface area contributed by atoms with Gasteiger partial charge in [-0.3, -0.25) is 4.79 Å². The largest absolute Gasteiger partial charge is 0.490 e. The highest BCUT2D eigenvalue weighted by Gasteiger charge is 2.10. The third-order valence-electron chi connectivity index (χ3n) is 4.16. The monoisotopic (exact) mass is 442 g/mol. The van der Waals surface area contributed by atoms with E-state index in [4.69, 9.17) is 4.74 Å². The van der Waals surface area contributed by atoms with Crippen LogP contribution in [0.5, 0.6) is 5.75 Å². The third kappa shape index (κ3) is 4.25. The first-order chi connectivity index (χ1) is 13.3. The number of hydrogen-bond acceptors (Lipinski definition) is 5. The van der Waals surface area contributed by atoms with Crippen LogP contribution in [0.15, 0.2) is 50.8 Å². The summed E-state index contributed by atoms with van der Waals surface area (Å²) in [4.78, 5) is 19.4. The van der Waals surface area contributed by atoms with Gasteiger partial charge in [0, 0.05) is 35.9 Å². The second kappa shape index (κ2) is 8.14. The predicted octanol–water partition coefficient (Wildman–Crippen LogP) is 4.20. The lowest BCUT2D eigenvalue weighted by Crippen LogP contribution is -2.20. The number of aryl methyl sites for hydroxylation is 1. The summed E-state index contributed by atoms with van der Waals surface area (Å²) < 4.78 is 8.08. The Balaban J connectivity index is 2.07. The van der Waals surface area contributed by atoms with E-state index < -0.39 is 0 Å². The van der Waals surface area contributed by atoms with Crippen molar-refractivity contribution < 1.29 is 4.74 Å². The van der Waals surface area contributed by atoms with Gasteiger partial charge in [0.15, 0.2) is 0 Å². The average Bonchev–Trinajstić information content (AvgIpc) is 2.62. The molecule has 0 atom stereocenters. The van der Waals surface area contributed by atoms with Gasteiger partial charge in [-0.25, -0.2) is 4.98 Å². The second-order valence-corrected chi connectivity index (χ2v) is 7.88. The van der Waals surface area contributed by atoms with Crippen molar-refractivity contribution in [3.05, 3.63) is 62.6 Å². The molecule has 0 saturated carbocycles. The van der Waals surface area contributed by atoms with E-state index in [1.165, 1.54) is 4.68 Å². The van der Waals surface area contributed by atoms with Gasteiger partial charge in [-0.05, 0) is 51.1 Å². The molecule has 28 heavy (non-hydrogen) atoms. The summed E-state index contributed by atoms with van der Waals surface area (Å²) in [6.45, 7) is 5.72. The molecule has 0 amide bonds. The molecule has 1 aromatic heterocycles. The molecular weight excluding hydrogens is 420 g/mol. The Hall–Kier alpha value is -2.67. The van der Waals surface area contributed by atoms with E-state index in [1.54, 1.807) is 19.2 Å². The zero-order chi connectivity index (χ0) is 20.4. The van der Waals surface area contributed by atoms with E-state index in [-0.39, 0.29) is 11.7 Å². The number of ether oxygens (including phenoxy) is 1. The fourth-order valence-electron chi connectivity index (χ4n) is 2.78. The fourth-order valence-corrected chi connectivity index (χ4v) is 3.14. The molecule has 0 saturated heterocycles. The maximum atomic E-state index is 12.9. The maximum Gasteiger partial charge on any atom is 0.282 e. The Bertz CT molecular complexity index is 1100. The Morgan fingerprint density at radius 1 is 1.21 bits per heavy atom. The van der Waals surface area contributed by atoms with Crippen LogP contribution in [0, 0.1) is 6.92 Å². The standard InChI is InChI=1S/C21H23BrN4O2/c1-13(2)28-20-11-17(25(4)5)8-6-15(20)12-23-26-14(3)24-19-9-7-16(22)10-18(19)21(26)27/h6-13H,1-5H3. The lowest BCUT2D eigenvalue weighted by molar-refractivity contribution is 0.242. The maximum absolute atomic E-state index is 12.9. The number of anilines is 1. The highest BCUT2D eigenvalue weighted by molar-refractivity contribution is 9.10. The van der Waals surface area contributed by atoms with Gasteiger partial charge in [0.05, 0.1) is 23.2 Å². The Morgan fingerprint density at radius 3 is 2.64 bits per heavy atom. The number of halogens is 1. The molecule has 7 heteroatoms. The van der Waals surface area contributed by atoms with Crippen LogP contribution in [0.3, 0.4) is 0 Å². The van der Waals surface area contributed by atoms with Crippen LogP contribution in [-0.4, -0.2) is 36.1 Å². The molecule has 2 aromatic carbocycles. The molecule has 0 bridgehead atoms. The van der Waals surface area contributed by atoms with E-state index in [9.17, 15) is 4.79 Å². The lowest BCUT2D eigenvalue weighted by Gasteiger charge is -2.17. The number of fused-ring (bicyclic) bond motifs is 1. The zero-order valence-electron chi connectivity index (χ0n) is 16.6. The summed E-state index contributed by atoms with van der Waals surface area (Å²) in [5.41, 5.74) is 2.26. The van der Waals surface area contributed by atoms with Crippen molar-refractivity contribution in [2.75, 3.05) is 19.0 Å². The van der Waals surface area contributed by atoms with Gasteiger partial charge in [-0.1, -0.05) is 15.9 Å². The molecule has 3 aromatic rings. The molecule has 0 spiro atoms. The van der Waals surface area contributed by atoms with Crippen molar-refractivity contribution in [3.63, 3.8) is 0 Å². The molecule has 6 nitrogen and oxygen atoms in total. The van der Waals surface area contributed by atoms with Crippen LogP contribution in [0.2, 0.25) is 0 Å². The van der Waals surface area contributed by atoms with Gasteiger partial charge in [0.25, 0.3) is 5.56 Å². The first kappa shape index (κ1) is 20.1. The number of rotatable bonds is 5. The molecule has 0 unspecified atom stereocenters. The van der Waals surface area contributed by atoms with E-state index in [0.717, 1.165) is 15.7 Å². The van der Waals surface area contributed by atoms with E-state index in [2.05, 4.69) is 26.0 Å². The normalized spacial score (nSPS) is 11.5. The smallest absolute Gasteiger partial charge is 0.282 e. The minimum Gasteiger partial charge on any atom is -0.490 e. The summed E-state index contributed by atoms with van der Waals surface area (Å²) >= 11 is 3.40. The Morgan fingerprint density at radius 2 is 1.96 bits per heavy atom. The molecule has 0 radical (unpaired) electrons. The van der Waals surface area contributed by atoms with Crippen LogP contribution in [0.4, 0.5) is 5.69 Å². The van der Waals surface area contributed by atoms with Gasteiger partial charge in [-0.2, -0.15) is 9.78 Å². The Labute approximate surface area is 172 Å². The minimum absolute atomic E-state index is 0.0220. The van der Waals surface area contributed by atoms with E-state index >= 15 is 0 Å². The highest BCUT2D eigenvalue weighted by atomic mass is 79.9. The third-order valence-corrected chi connectivity index (χ3v) is 4.65. The zero-order valence-corrected chi connectivity index (χ0v) is 18.2. The summed E-state index contributed by atoms with van der Waals surface area (Å²) in [7, 11) is 3.95. The van der Waals surface area contributed by atoms with E-state index in [0.29, 0.717) is 22.5 Å². The SMILES string of the molecule is Cc1nc2ccc(Br)cc2c(=O)n1N=Cc1ccc(N(C)C)cc1OC(C)C. The van der Waals surface area contributed by atoms with Crippen molar-refractivity contribution in [1.29, 1.82) is 0 Å². The number of hydrogen-bond donors (Lipinski definition) is 0. The van der Waals surface area contributed by atoms with Crippen molar-refractivity contribution in [2.45, 2.75) is 26.9 Å². The van der Waals surface area contributed by atoms with Gasteiger partial charge in [0.1, 0.15) is 11.6 Å². The highest BCUT2D eigenvalue weighted by Crippen LogP contribution is 2.25. The minimum atomic E-state index is -0.212. The molecular formula is C21H23BrN4O2. The first-order valence-corrected chi connectivity index (χ1v) is 9.77. The first-order valence-electron chi connectivity index (χ1n) is 8.97. The van der Waals surface area contributed by atoms with Crippen LogP contribution >= 0.6 is 15.9 Å². The van der Waals surface area contributed by atoms with Gasteiger partial charge >= 0.3 is 0 Å². The van der Waals surface area contributed by atoms with Gasteiger partial charge < -0.3 is 9.64 Å². The predicted molar refractivity (Wildman–Crippen MR) is 118 cm³/mol. The topological polar surface area (TPSA) is 59.7 Å². The number of aromatic nitrogens is 2. The van der Waals surface area contributed by atoms with Crippen molar-refractivity contribution in [3.8, 4) is 5.75 Å². The van der Waals surface area contributed by atoms with Gasteiger partial charge in [0.2, 0.25) is 0 Å². The van der Waals surface area contributed by atoms with Crippen LogP contribution < -0.4 is 15.2 Å². The molecule has 0 fully saturated rings. The fraction of sp³-hybridized carbons (Fsp3) is 0.286. The lowest BCUT2D eigenvalue weighted by atomic mass is 10.2. The summed E-state index contributed by atoms with van der Waals surface area (Å²) in [6.07, 6.45) is 1.66. The summed E-state index contributed by atoms with van der Waals surface area (Å²) in [5, 5.41) is 4.92. The van der Waals surface area contributed by atoms with Crippen LogP contribution in [-0.2, 0) is 0 Å². The molecule has 146 valence electrons. The molecule has 3 rings (SSSR count). The molecule has 0 N–H and O–H groups in total. The summed E-state index contributed by atoms with van der Waals surface area (Å²) in [6, 6.07) is 11.3. The second-order valence-electron chi connectivity index (χ2n) is 6.97. The van der Waals surface area contributed by atoms with Crippen LogP contribution in [0.25, 0.3) is 10.9 Å². The quantitative estimate of drug-likeness (QED) is 0.555. The number of nitrogens with zero attached hydrogens (tertiary/aromatic N) is 4. The van der Waals surface area contributed by atoms with Crippen molar-refractivity contribution >= 4 is 38.7 Å². The van der Waals surface area contributed by atoms with Crippen molar-refractivity contribution in [2.24, 2.45) is 5.10 Å². The molecule has 0 aliphatic carbocycles. The van der Waals surface area contributed by atoms with Gasteiger partial charge in [-0.15, -0.1) is 0 Å². The molecule has 0 aliphatic rings. The molecule has 1 heterocycles. The van der Waals surface area contributed by atoms with Crippen molar-refractivity contribution in [1.82, 2.24) is 9.66 Å². The number of benzene rings is 2. The molecule has 0 aliphatic heterocycles.